The Balaban J connectivity index is 2.05. The van der Waals surface area contributed by atoms with E-state index in [9.17, 15) is 0 Å². The Bertz CT molecular complexity index is 1180. The molecule has 0 saturated heterocycles. The van der Waals surface area contributed by atoms with E-state index < -0.39 is 0 Å². The van der Waals surface area contributed by atoms with Crippen molar-refractivity contribution in [3.8, 4) is 11.1 Å². The van der Waals surface area contributed by atoms with Gasteiger partial charge in [-0.15, -0.1) is 0 Å². The topological polar surface area (TPSA) is 0 Å². The standard InChI is InChI=1S/C24H16/c1-2-9-18(10-3-1)24-21-13-7-5-11-19(21)16-23-20-12-6-4-8-17(20)14-15-22(23)24/h1-16H. The van der Waals surface area contributed by atoms with E-state index in [1.54, 1.807) is 0 Å². The highest BCUT2D eigenvalue weighted by Gasteiger charge is 2.11. The molecule has 0 saturated carbocycles. The van der Waals surface area contributed by atoms with Crippen LogP contribution in [0.1, 0.15) is 0 Å². The first-order valence-corrected chi connectivity index (χ1v) is 8.30. The predicted molar refractivity (Wildman–Crippen MR) is 104 cm³/mol. The zero-order valence-electron chi connectivity index (χ0n) is 13.2. The van der Waals surface area contributed by atoms with Crippen LogP contribution >= 0.6 is 0 Å². The third-order valence-corrected chi connectivity index (χ3v) is 4.83. The minimum atomic E-state index is 1.27. The summed E-state index contributed by atoms with van der Waals surface area (Å²) in [5.74, 6) is 0. The minimum Gasteiger partial charge on any atom is -0.0622 e. The summed E-state index contributed by atoms with van der Waals surface area (Å²) in [5, 5.41) is 7.85. The lowest BCUT2D eigenvalue weighted by atomic mass is 9.90. The summed E-state index contributed by atoms with van der Waals surface area (Å²) in [6.07, 6.45) is 0. The largest absolute Gasteiger partial charge is 0.0622 e. The van der Waals surface area contributed by atoms with Gasteiger partial charge in [-0.1, -0.05) is 91.0 Å². The second-order valence-electron chi connectivity index (χ2n) is 6.22. The highest BCUT2D eigenvalue weighted by atomic mass is 14.1. The molecule has 0 aromatic heterocycles. The van der Waals surface area contributed by atoms with Gasteiger partial charge in [-0.2, -0.15) is 0 Å². The number of rotatable bonds is 1. The summed E-state index contributed by atoms with van der Waals surface area (Å²) in [7, 11) is 0. The fourth-order valence-corrected chi connectivity index (χ4v) is 3.74. The fraction of sp³-hybridized carbons (Fsp3) is 0. The van der Waals surface area contributed by atoms with Crippen molar-refractivity contribution in [1.29, 1.82) is 0 Å². The van der Waals surface area contributed by atoms with E-state index in [-0.39, 0.29) is 0 Å². The molecule has 0 atom stereocenters. The highest BCUT2D eigenvalue weighted by Crippen LogP contribution is 2.38. The molecular weight excluding hydrogens is 288 g/mol. The first kappa shape index (κ1) is 13.3. The molecule has 0 aliphatic heterocycles. The van der Waals surface area contributed by atoms with Crippen LogP contribution < -0.4 is 0 Å². The van der Waals surface area contributed by atoms with Crippen molar-refractivity contribution in [2.24, 2.45) is 0 Å². The Morgan fingerprint density at radius 2 is 1.04 bits per heavy atom. The van der Waals surface area contributed by atoms with Gasteiger partial charge in [0, 0.05) is 0 Å². The van der Waals surface area contributed by atoms with E-state index >= 15 is 0 Å². The summed E-state index contributed by atoms with van der Waals surface area (Å²) >= 11 is 0. The van der Waals surface area contributed by atoms with Crippen LogP contribution in [0.15, 0.2) is 97.1 Å². The molecule has 24 heavy (non-hydrogen) atoms. The number of benzene rings is 5. The molecule has 0 bridgehead atoms. The third-order valence-electron chi connectivity index (χ3n) is 4.83. The van der Waals surface area contributed by atoms with Gasteiger partial charge < -0.3 is 0 Å². The highest BCUT2D eigenvalue weighted by molar-refractivity contribution is 6.19. The molecule has 112 valence electrons. The van der Waals surface area contributed by atoms with E-state index in [2.05, 4.69) is 97.1 Å². The SMILES string of the molecule is c1ccc(-c2c3ccccc3cc3c2ccc2ccccc23)cc1. The number of hydrogen-bond donors (Lipinski definition) is 0. The maximum Gasteiger partial charge on any atom is -0.00266 e. The molecule has 0 fully saturated rings. The zero-order chi connectivity index (χ0) is 15.9. The van der Waals surface area contributed by atoms with Crippen LogP contribution in [0.25, 0.3) is 43.4 Å². The van der Waals surface area contributed by atoms with E-state index in [1.807, 2.05) is 0 Å². The second kappa shape index (κ2) is 5.21. The van der Waals surface area contributed by atoms with Gasteiger partial charge in [-0.05, 0) is 49.5 Å². The van der Waals surface area contributed by atoms with Gasteiger partial charge in [0.05, 0.1) is 0 Å². The Hall–Kier alpha value is -3.12. The smallest absolute Gasteiger partial charge is 0.00266 e. The maximum atomic E-state index is 2.33. The molecule has 0 aliphatic rings. The van der Waals surface area contributed by atoms with Crippen LogP contribution in [0.5, 0.6) is 0 Å². The summed E-state index contributed by atoms with van der Waals surface area (Å²) < 4.78 is 0. The van der Waals surface area contributed by atoms with Crippen molar-refractivity contribution < 1.29 is 0 Å². The van der Waals surface area contributed by atoms with Gasteiger partial charge in [-0.3, -0.25) is 0 Å². The molecule has 5 rings (SSSR count). The van der Waals surface area contributed by atoms with Gasteiger partial charge in [0.2, 0.25) is 0 Å². The second-order valence-corrected chi connectivity index (χ2v) is 6.22. The van der Waals surface area contributed by atoms with E-state index in [0.717, 1.165) is 0 Å². The van der Waals surface area contributed by atoms with Crippen LogP contribution in [0.4, 0.5) is 0 Å². The quantitative estimate of drug-likeness (QED) is 0.235. The first-order valence-electron chi connectivity index (χ1n) is 8.30. The van der Waals surface area contributed by atoms with Gasteiger partial charge >= 0.3 is 0 Å². The Labute approximate surface area is 141 Å². The van der Waals surface area contributed by atoms with Crippen LogP contribution in [0.2, 0.25) is 0 Å². The predicted octanol–water partition coefficient (Wildman–Crippen LogP) is 6.81. The molecule has 0 nitrogen and oxygen atoms in total. The summed E-state index contributed by atoms with van der Waals surface area (Å²) in [6.45, 7) is 0. The van der Waals surface area contributed by atoms with Crippen LogP contribution in [-0.2, 0) is 0 Å². The molecule has 0 amide bonds. The van der Waals surface area contributed by atoms with Crippen LogP contribution in [0, 0.1) is 0 Å². The van der Waals surface area contributed by atoms with Crippen molar-refractivity contribution in [1.82, 2.24) is 0 Å². The average molecular weight is 304 g/mol. The Morgan fingerprint density at radius 1 is 0.375 bits per heavy atom. The Kier molecular flexibility index (Phi) is 2.89. The molecule has 0 radical (unpaired) electrons. The number of fused-ring (bicyclic) bond motifs is 4. The van der Waals surface area contributed by atoms with Gasteiger partial charge in [0.25, 0.3) is 0 Å². The average Bonchev–Trinajstić information content (AvgIpc) is 2.67. The van der Waals surface area contributed by atoms with Crippen molar-refractivity contribution in [3.63, 3.8) is 0 Å². The van der Waals surface area contributed by atoms with Gasteiger partial charge in [0.1, 0.15) is 0 Å². The van der Waals surface area contributed by atoms with E-state index in [0.29, 0.717) is 0 Å². The molecule has 0 heterocycles. The first-order chi connectivity index (χ1) is 11.9. The summed E-state index contributed by atoms with van der Waals surface area (Å²) in [4.78, 5) is 0. The summed E-state index contributed by atoms with van der Waals surface area (Å²) in [5.41, 5.74) is 2.60. The lowest BCUT2D eigenvalue weighted by Gasteiger charge is -2.14. The van der Waals surface area contributed by atoms with Crippen LogP contribution in [0.3, 0.4) is 0 Å². The number of hydrogen-bond acceptors (Lipinski definition) is 0. The molecule has 0 aliphatic carbocycles. The molecule has 5 aromatic carbocycles. The van der Waals surface area contributed by atoms with E-state index in [1.165, 1.54) is 43.4 Å². The monoisotopic (exact) mass is 304 g/mol. The summed E-state index contributed by atoms with van der Waals surface area (Å²) in [6, 6.07) is 34.9. The van der Waals surface area contributed by atoms with Crippen molar-refractivity contribution in [2.45, 2.75) is 0 Å². The molecular formula is C24H16. The molecule has 0 N–H and O–H groups in total. The maximum absolute atomic E-state index is 2.33. The zero-order valence-corrected chi connectivity index (χ0v) is 13.2. The minimum absolute atomic E-state index is 1.27. The van der Waals surface area contributed by atoms with E-state index in [4.69, 9.17) is 0 Å². The van der Waals surface area contributed by atoms with Gasteiger partial charge in [0.15, 0.2) is 0 Å². The van der Waals surface area contributed by atoms with Crippen LogP contribution in [-0.4, -0.2) is 0 Å². The van der Waals surface area contributed by atoms with Crippen molar-refractivity contribution in [2.75, 3.05) is 0 Å². The van der Waals surface area contributed by atoms with Crippen molar-refractivity contribution in [3.05, 3.63) is 97.1 Å². The molecule has 5 aromatic rings. The molecule has 0 heteroatoms. The third kappa shape index (κ3) is 1.93. The lowest BCUT2D eigenvalue weighted by Crippen LogP contribution is -1.86. The Morgan fingerprint density at radius 3 is 1.88 bits per heavy atom. The molecule has 0 unspecified atom stereocenters. The lowest BCUT2D eigenvalue weighted by molar-refractivity contribution is 1.68. The van der Waals surface area contributed by atoms with Crippen molar-refractivity contribution >= 4 is 32.3 Å². The normalized spacial score (nSPS) is 11.3. The molecule has 0 spiro atoms. The van der Waals surface area contributed by atoms with Gasteiger partial charge in [-0.25, -0.2) is 0 Å². The fourth-order valence-electron chi connectivity index (χ4n) is 3.74.